The fourth-order valence-corrected chi connectivity index (χ4v) is 0.904. The Morgan fingerprint density at radius 1 is 1.36 bits per heavy atom. The summed E-state index contributed by atoms with van der Waals surface area (Å²) in [5.74, 6) is 0. The van der Waals surface area contributed by atoms with E-state index in [2.05, 4.69) is 4.84 Å². The van der Waals surface area contributed by atoms with Crippen LogP contribution < -0.4 is 0 Å². The number of halogens is 2. The Labute approximate surface area is 65.1 Å². The van der Waals surface area contributed by atoms with Gasteiger partial charge < -0.3 is 0 Å². The lowest BCUT2D eigenvalue weighted by Gasteiger charge is -2.28. The van der Waals surface area contributed by atoms with Gasteiger partial charge in [0, 0.05) is 5.54 Å². The molecule has 0 bridgehead atoms. The molecule has 1 aliphatic rings. The predicted octanol–water partition coefficient (Wildman–Crippen LogP) is 1.67. The minimum atomic E-state index is -1.78. The number of hydrogen-bond acceptors (Lipinski definition) is 2. The lowest BCUT2D eigenvalue weighted by atomic mass is 10.1. The van der Waals surface area contributed by atoms with E-state index in [4.69, 9.17) is 0 Å². The SMILES string of the molecule is CC(C)(C)N1C[C@@H](F)[C@@H](F)O1. The molecule has 1 rings (SSSR count). The van der Waals surface area contributed by atoms with Crippen LogP contribution in [0, 0.1) is 0 Å². The monoisotopic (exact) mass is 165 g/mol. The van der Waals surface area contributed by atoms with Crippen LogP contribution >= 0.6 is 0 Å². The zero-order valence-electron chi connectivity index (χ0n) is 6.97. The number of alkyl halides is 2. The van der Waals surface area contributed by atoms with Crippen LogP contribution in [0.4, 0.5) is 8.78 Å². The summed E-state index contributed by atoms with van der Waals surface area (Å²) in [5, 5.41) is 1.34. The van der Waals surface area contributed by atoms with Gasteiger partial charge in [0.2, 0.25) is 6.36 Å². The standard InChI is InChI=1S/C7H13F2NO/c1-7(2,3)10-4-5(8)6(9)11-10/h5-6H,4H2,1-3H3/t5-,6+/m1/s1. The van der Waals surface area contributed by atoms with Crippen molar-refractivity contribution in [1.82, 2.24) is 5.06 Å². The van der Waals surface area contributed by atoms with Crippen LogP contribution in [0.5, 0.6) is 0 Å². The average molecular weight is 165 g/mol. The van der Waals surface area contributed by atoms with Crippen molar-refractivity contribution in [2.24, 2.45) is 0 Å². The summed E-state index contributed by atoms with van der Waals surface area (Å²) >= 11 is 0. The van der Waals surface area contributed by atoms with Crippen molar-refractivity contribution in [2.45, 2.75) is 38.8 Å². The van der Waals surface area contributed by atoms with Gasteiger partial charge in [-0.1, -0.05) is 0 Å². The molecule has 0 saturated carbocycles. The number of hydroxylamine groups is 2. The van der Waals surface area contributed by atoms with E-state index >= 15 is 0 Å². The molecule has 1 aliphatic heterocycles. The predicted molar refractivity (Wildman–Crippen MR) is 37.3 cm³/mol. The topological polar surface area (TPSA) is 12.5 Å². The molecule has 66 valence electrons. The van der Waals surface area contributed by atoms with Crippen LogP contribution in [0.3, 0.4) is 0 Å². The Morgan fingerprint density at radius 2 is 1.91 bits per heavy atom. The fraction of sp³-hybridized carbons (Fsp3) is 1.00. The Balaban J connectivity index is 2.54. The first kappa shape index (κ1) is 8.87. The van der Waals surface area contributed by atoms with E-state index in [9.17, 15) is 8.78 Å². The van der Waals surface area contributed by atoms with Gasteiger partial charge in [-0.15, -0.1) is 0 Å². The zero-order chi connectivity index (χ0) is 8.65. The molecule has 0 amide bonds. The highest BCUT2D eigenvalue weighted by Gasteiger charge is 2.39. The summed E-state index contributed by atoms with van der Waals surface area (Å²) in [4.78, 5) is 4.63. The molecule has 0 unspecified atom stereocenters. The Morgan fingerprint density at radius 3 is 2.09 bits per heavy atom. The molecule has 0 aromatic rings. The lowest BCUT2D eigenvalue weighted by molar-refractivity contribution is -0.227. The summed E-state index contributed by atoms with van der Waals surface area (Å²) in [5.41, 5.74) is -0.328. The second-order valence-electron chi connectivity index (χ2n) is 3.70. The van der Waals surface area contributed by atoms with Crippen LogP contribution in [0.15, 0.2) is 0 Å². The Kier molecular flexibility index (Phi) is 2.16. The highest BCUT2D eigenvalue weighted by molar-refractivity contribution is 4.78. The molecule has 1 saturated heterocycles. The van der Waals surface area contributed by atoms with Crippen molar-refractivity contribution in [3.05, 3.63) is 0 Å². The minimum Gasteiger partial charge on any atom is -0.258 e. The third kappa shape index (κ3) is 1.87. The van der Waals surface area contributed by atoms with Gasteiger partial charge in [0.25, 0.3) is 0 Å². The third-order valence-corrected chi connectivity index (χ3v) is 1.60. The molecule has 2 nitrogen and oxygen atoms in total. The summed E-state index contributed by atoms with van der Waals surface area (Å²) in [6.45, 7) is 5.55. The maximum Gasteiger partial charge on any atom is 0.250 e. The van der Waals surface area contributed by atoms with E-state index in [1.807, 2.05) is 20.8 Å². The van der Waals surface area contributed by atoms with Gasteiger partial charge in [-0.25, -0.2) is 8.78 Å². The van der Waals surface area contributed by atoms with Crippen LogP contribution in [-0.2, 0) is 4.84 Å². The molecule has 0 spiro atoms. The Bertz CT molecular complexity index is 136. The molecule has 4 heteroatoms. The van der Waals surface area contributed by atoms with Gasteiger partial charge >= 0.3 is 0 Å². The second-order valence-corrected chi connectivity index (χ2v) is 3.70. The van der Waals surface area contributed by atoms with Gasteiger partial charge in [-0.2, -0.15) is 5.06 Å². The smallest absolute Gasteiger partial charge is 0.250 e. The maximum atomic E-state index is 12.6. The molecule has 11 heavy (non-hydrogen) atoms. The van der Waals surface area contributed by atoms with Gasteiger partial charge in [0.1, 0.15) is 0 Å². The van der Waals surface area contributed by atoms with Crippen LogP contribution in [0.2, 0.25) is 0 Å². The molecule has 1 heterocycles. The molecular weight excluding hydrogens is 152 g/mol. The highest BCUT2D eigenvalue weighted by atomic mass is 19.2. The summed E-state index contributed by atoms with van der Waals surface area (Å²) in [7, 11) is 0. The lowest BCUT2D eigenvalue weighted by Crippen LogP contribution is -2.38. The van der Waals surface area contributed by atoms with Gasteiger partial charge in [-0.05, 0) is 20.8 Å². The third-order valence-electron chi connectivity index (χ3n) is 1.60. The minimum absolute atomic E-state index is 0.0185. The van der Waals surface area contributed by atoms with E-state index in [1.165, 1.54) is 5.06 Å². The summed E-state index contributed by atoms with van der Waals surface area (Å²) < 4.78 is 25.0. The molecular formula is C7H13F2NO. The van der Waals surface area contributed by atoms with Crippen molar-refractivity contribution in [3.63, 3.8) is 0 Å². The molecule has 0 N–H and O–H groups in total. The van der Waals surface area contributed by atoms with E-state index in [-0.39, 0.29) is 12.1 Å². The van der Waals surface area contributed by atoms with Crippen molar-refractivity contribution in [2.75, 3.05) is 6.54 Å². The molecule has 0 radical (unpaired) electrons. The largest absolute Gasteiger partial charge is 0.258 e. The van der Waals surface area contributed by atoms with Crippen LogP contribution in [0.25, 0.3) is 0 Å². The van der Waals surface area contributed by atoms with Crippen molar-refractivity contribution in [1.29, 1.82) is 0 Å². The summed E-state index contributed by atoms with van der Waals surface area (Å²) in [6.07, 6.45) is -3.29. The molecule has 2 atom stereocenters. The van der Waals surface area contributed by atoms with Crippen LogP contribution in [-0.4, -0.2) is 29.7 Å². The molecule has 0 aromatic heterocycles. The number of nitrogens with zero attached hydrogens (tertiary/aromatic N) is 1. The highest BCUT2D eigenvalue weighted by Crippen LogP contribution is 2.25. The van der Waals surface area contributed by atoms with Crippen molar-refractivity contribution in [3.8, 4) is 0 Å². The fourth-order valence-electron chi connectivity index (χ4n) is 0.904. The second kappa shape index (κ2) is 2.68. The van der Waals surface area contributed by atoms with E-state index in [0.717, 1.165) is 0 Å². The van der Waals surface area contributed by atoms with E-state index in [0.29, 0.717) is 0 Å². The molecule has 0 aliphatic carbocycles. The number of hydrogen-bond donors (Lipinski definition) is 0. The normalized spacial score (nSPS) is 34.6. The quantitative estimate of drug-likeness (QED) is 0.541. The average Bonchev–Trinajstić information content (AvgIpc) is 2.11. The van der Waals surface area contributed by atoms with E-state index < -0.39 is 12.5 Å². The van der Waals surface area contributed by atoms with Gasteiger partial charge in [-0.3, -0.25) is 4.84 Å². The van der Waals surface area contributed by atoms with Gasteiger partial charge in [0.05, 0.1) is 6.54 Å². The van der Waals surface area contributed by atoms with Gasteiger partial charge in [0.15, 0.2) is 6.17 Å². The zero-order valence-corrected chi connectivity index (χ0v) is 6.97. The summed E-state index contributed by atoms with van der Waals surface area (Å²) in [6, 6.07) is 0. The first-order chi connectivity index (χ1) is 4.91. The van der Waals surface area contributed by atoms with E-state index in [1.54, 1.807) is 0 Å². The molecule has 1 fully saturated rings. The molecule has 0 aromatic carbocycles. The Hall–Kier alpha value is -0.220. The maximum absolute atomic E-state index is 12.6. The first-order valence-electron chi connectivity index (χ1n) is 3.64. The van der Waals surface area contributed by atoms with Crippen molar-refractivity contribution < 1.29 is 13.6 Å². The van der Waals surface area contributed by atoms with Crippen LogP contribution in [0.1, 0.15) is 20.8 Å². The number of rotatable bonds is 0. The van der Waals surface area contributed by atoms with Crippen molar-refractivity contribution >= 4 is 0 Å². The first-order valence-corrected chi connectivity index (χ1v) is 3.64.